The summed E-state index contributed by atoms with van der Waals surface area (Å²) in [7, 11) is 0. The number of benzene rings is 1. The van der Waals surface area contributed by atoms with Crippen molar-refractivity contribution in [3.05, 3.63) is 59.9 Å². The molecule has 0 aliphatic carbocycles. The van der Waals surface area contributed by atoms with Crippen LogP contribution in [-0.4, -0.2) is 23.3 Å². The number of amides is 2. The van der Waals surface area contributed by atoms with Gasteiger partial charge in [-0.15, -0.1) is 0 Å². The van der Waals surface area contributed by atoms with Gasteiger partial charge in [-0.2, -0.15) is 0 Å². The molecule has 1 atom stereocenters. The van der Waals surface area contributed by atoms with E-state index >= 15 is 0 Å². The first kappa shape index (κ1) is 15.2. The molecule has 1 aromatic heterocycles. The molecule has 3 rings (SSSR count). The van der Waals surface area contributed by atoms with Crippen LogP contribution in [0.4, 0.5) is 5.69 Å². The van der Waals surface area contributed by atoms with Crippen molar-refractivity contribution in [3.8, 4) is 0 Å². The monoisotopic (exact) mass is 309 g/mol. The van der Waals surface area contributed by atoms with Gasteiger partial charge in [0, 0.05) is 18.4 Å². The lowest BCUT2D eigenvalue weighted by molar-refractivity contribution is -0.132. The number of hydrogen-bond donors (Lipinski definition) is 1. The van der Waals surface area contributed by atoms with Crippen molar-refractivity contribution in [2.75, 3.05) is 11.4 Å². The first-order valence-electron chi connectivity index (χ1n) is 7.71. The lowest BCUT2D eigenvalue weighted by Gasteiger charge is -2.19. The lowest BCUT2D eigenvalue weighted by atomic mass is 10.1. The number of para-hydroxylation sites is 1. The number of hydrogen-bond acceptors (Lipinski definition) is 3. The Morgan fingerprint density at radius 1 is 1.26 bits per heavy atom. The molecule has 0 unspecified atom stereocenters. The van der Waals surface area contributed by atoms with E-state index in [1.165, 1.54) is 0 Å². The fraction of sp³-hybridized carbons (Fsp3) is 0.278. The molecule has 0 bridgehead atoms. The Morgan fingerprint density at radius 2 is 2.04 bits per heavy atom. The summed E-state index contributed by atoms with van der Waals surface area (Å²) >= 11 is 0. The predicted molar refractivity (Wildman–Crippen MR) is 87.7 cm³/mol. The minimum atomic E-state index is -0.613. The maximum Gasteiger partial charge on any atom is 0.239 e. The fourth-order valence-electron chi connectivity index (χ4n) is 2.83. The molecule has 1 N–H and O–H groups in total. The summed E-state index contributed by atoms with van der Waals surface area (Å²) in [6.07, 6.45) is 2.23. The largest absolute Gasteiger partial charge is 0.350 e. The van der Waals surface area contributed by atoms with Crippen LogP contribution in [0.3, 0.4) is 0 Å². The summed E-state index contributed by atoms with van der Waals surface area (Å²) in [6.45, 7) is 2.89. The van der Waals surface area contributed by atoms with E-state index < -0.39 is 5.92 Å². The summed E-state index contributed by atoms with van der Waals surface area (Å²) < 4.78 is 0. The lowest BCUT2D eigenvalue weighted by Crippen LogP contribution is -2.36. The van der Waals surface area contributed by atoms with Gasteiger partial charge in [0.05, 0.1) is 12.2 Å². The molecule has 1 aromatic carbocycles. The molecule has 1 aliphatic rings. The number of aromatic nitrogens is 1. The minimum absolute atomic E-state index is 0.127. The Balaban J connectivity index is 1.65. The van der Waals surface area contributed by atoms with Gasteiger partial charge in [0.1, 0.15) is 5.92 Å². The molecule has 0 spiro atoms. The number of nitrogens with zero attached hydrogens (tertiary/aromatic N) is 2. The number of anilines is 1. The number of carbonyl (C=O) groups is 2. The summed E-state index contributed by atoms with van der Waals surface area (Å²) in [4.78, 5) is 30.7. The Labute approximate surface area is 135 Å². The highest BCUT2D eigenvalue weighted by Crippen LogP contribution is 2.27. The van der Waals surface area contributed by atoms with E-state index in [2.05, 4.69) is 10.3 Å². The quantitative estimate of drug-likeness (QED) is 0.879. The van der Waals surface area contributed by atoms with Gasteiger partial charge in [-0.05, 0) is 37.1 Å². The summed E-state index contributed by atoms with van der Waals surface area (Å²) in [5, 5.41) is 2.81. The minimum Gasteiger partial charge on any atom is -0.350 e. The highest BCUT2D eigenvalue weighted by Gasteiger charge is 2.37. The second-order valence-corrected chi connectivity index (χ2v) is 5.66. The van der Waals surface area contributed by atoms with Crippen molar-refractivity contribution in [1.29, 1.82) is 0 Å². The van der Waals surface area contributed by atoms with Gasteiger partial charge in [0.15, 0.2) is 0 Å². The molecule has 1 saturated heterocycles. The molecular formula is C18H19N3O2. The van der Waals surface area contributed by atoms with Gasteiger partial charge in [-0.3, -0.25) is 14.6 Å². The standard InChI is InChI=1S/C18H19N3O2/c1-13-6-2-3-8-16(13)21-11-9-15(18(21)23)17(22)20-12-14-7-4-5-10-19-14/h2-8,10,15H,9,11-12H2,1H3,(H,20,22)/t15-/m1/s1. The number of carbonyl (C=O) groups excluding carboxylic acids is 2. The third-order valence-corrected chi connectivity index (χ3v) is 4.10. The molecule has 1 aliphatic heterocycles. The van der Waals surface area contributed by atoms with Crippen molar-refractivity contribution >= 4 is 17.5 Å². The molecule has 0 saturated carbocycles. The normalized spacial score (nSPS) is 17.3. The first-order valence-corrected chi connectivity index (χ1v) is 7.71. The fourth-order valence-corrected chi connectivity index (χ4v) is 2.83. The van der Waals surface area contributed by atoms with Crippen molar-refractivity contribution < 1.29 is 9.59 Å². The SMILES string of the molecule is Cc1ccccc1N1CC[C@H](C(=O)NCc2ccccn2)C1=O. The maximum absolute atomic E-state index is 12.6. The van der Waals surface area contributed by atoms with Crippen LogP contribution in [-0.2, 0) is 16.1 Å². The summed E-state index contributed by atoms with van der Waals surface area (Å²) in [5.41, 5.74) is 2.70. The van der Waals surface area contributed by atoms with Crippen LogP contribution in [0, 0.1) is 12.8 Å². The zero-order valence-electron chi connectivity index (χ0n) is 13.0. The Bertz CT molecular complexity index is 715. The predicted octanol–water partition coefficient (Wildman–Crippen LogP) is 2.06. The molecule has 0 radical (unpaired) electrons. The molecule has 23 heavy (non-hydrogen) atoms. The van der Waals surface area contributed by atoms with E-state index in [0.717, 1.165) is 16.9 Å². The van der Waals surface area contributed by atoms with Crippen LogP contribution >= 0.6 is 0 Å². The van der Waals surface area contributed by atoms with Gasteiger partial charge in [0.25, 0.3) is 0 Å². The number of rotatable bonds is 4. The van der Waals surface area contributed by atoms with Crippen molar-refractivity contribution in [2.45, 2.75) is 19.9 Å². The highest BCUT2D eigenvalue weighted by atomic mass is 16.2. The number of pyridine rings is 1. The smallest absolute Gasteiger partial charge is 0.239 e. The highest BCUT2D eigenvalue weighted by molar-refractivity contribution is 6.09. The number of nitrogens with one attached hydrogen (secondary N) is 1. The van der Waals surface area contributed by atoms with Gasteiger partial charge in [0.2, 0.25) is 11.8 Å². The zero-order chi connectivity index (χ0) is 16.2. The molecule has 5 nitrogen and oxygen atoms in total. The molecule has 2 heterocycles. The van der Waals surface area contributed by atoms with E-state index in [9.17, 15) is 9.59 Å². The van der Waals surface area contributed by atoms with E-state index in [0.29, 0.717) is 19.5 Å². The molecule has 1 fully saturated rings. The molecule has 118 valence electrons. The van der Waals surface area contributed by atoms with E-state index in [4.69, 9.17) is 0 Å². The van der Waals surface area contributed by atoms with Crippen LogP contribution in [0.25, 0.3) is 0 Å². The topological polar surface area (TPSA) is 62.3 Å². The van der Waals surface area contributed by atoms with E-state index in [1.54, 1.807) is 11.1 Å². The Hall–Kier alpha value is -2.69. The van der Waals surface area contributed by atoms with Crippen molar-refractivity contribution in [3.63, 3.8) is 0 Å². The van der Waals surface area contributed by atoms with Crippen molar-refractivity contribution in [1.82, 2.24) is 10.3 Å². The second kappa shape index (κ2) is 6.60. The zero-order valence-corrected chi connectivity index (χ0v) is 13.0. The second-order valence-electron chi connectivity index (χ2n) is 5.66. The molecule has 5 heteroatoms. The summed E-state index contributed by atoms with van der Waals surface area (Å²) in [6, 6.07) is 13.3. The Kier molecular flexibility index (Phi) is 4.37. The molecule has 2 aromatic rings. The van der Waals surface area contributed by atoms with Crippen LogP contribution in [0.15, 0.2) is 48.7 Å². The van der Waals surface area contributed by atoms with Gasteiger partial charge >= 0.3 is 0 Å². The van der Waals surface area contributed by atoms with E-state index in [-0.39, 0.29) is 11.8 Å². The third kappa shape index (κ3) is 3.23. The summed E-state index contributed by atoms with van der Waals surface area (Å²) in [5.74, 6) is -0.965. The van der Waals surface area contributed by atoms with Crippen LogP contribution < -0.4 is 10.2 Å². The third-order valence-electron chi connectivity index (χ3n) is 4.10. The van der Waals surface area contributed by atoms with E-state index in [1.807, 2.05) is 49.4 Å². The van der Waals surface area contributed by atoms with Crippen LogP contribution in [0.5, 0.6) is 0 Å². The van der Waals surface area contributed by atoms with Crippen molar-refractivity contribution in [2.24, 2.45) is 5.92 Å². The van der Waals surface area contributed by atoms with Crippen LogP contribution in [0.1, 0.15) is 17.7 Å². The Morgan fingerprint density at radius 3 is 2.78 bits per heavy atom. The average Bonchev–Trinajstić information content (AvgIpc) is 2.95. The number of aryl methyl sites for hydroxylation is 1. The van der Waals surface area contributed by atoms with Gasteiger partial charge in [-0.1, -0.05) is 24.3 Å². The molecule has 2 amide bonds. The molecular weight excluding hydrogens is 290 g/mol. The average molecular weight is 309 g/mol. The first-order chi connectivity index (χ1) is 11.2. The maximum atomic E-state index is 12.6. The van der Waals surface area contributed by atoms with Gasteiger partial charge < -0.3 is 10.2 Å². The van der Waals surface area contributed by atoms with Crippen LogP contribution in [0.2, 0.25) is 0 Å². The van der Waals surface area contributed by atoms with Gasteiger partial charge in [-0.25, -0.2) is 0 Å².